The first-order valence-electron chi connectivity index (χ1n) is 7.73. The Balaban J connectivity index is 2.15. The molecule has 0 saturated carbocycles. The summed E-state index contributed by atoms with van der Waals surface area (Å²) in [4.78, 5) is 4.55. The Morgan fingerprint density at radius 1 is 1.19 bits per heavy atom. The summed E-state index contributed by atoms with van der Waals surface area (Å²) in [5.74, 6) is 1.17. The molecular formula is C17H24IN3. The molecule has 0 spiro atoms. The fourth-order valence-corrected chi connectivity index (χ4v) is 2.84. The van der Waals surface area contributed by atoms with E-state index in [1.54, 1.807) is 0 Å². The van der Waals surface area contributed by atoms with E-state index in [-0.39, 0.29) is 0 Å². The molecule has 0 aliphatic carbocycles. The van der Waals surface area contributed by atoms with Gasteiger partial charge in [0.15, 0.2) is 0 Å². The lowest BCUT2D eigenvalue weighted by Gasteiger charge is -2.19. The molecule has 0 saturated heterocycles. The first kappa shape index (κ1) is 16.5. The molecule has 1 atom stereocenters. The minimum atomic E-state index is 0.333. The van der Waals surface area contributed by atoms with E-state index in [4.69, 9.17) is 0 Å². The predicted octanol–water partition coefficient (Wildman–Crippen LogP) is 4.18. The lowest BCUT2D eigenvalue weighted by Crippen LogP contribution is -2.25. The number of aryl methyl sites for hydroxylation is 1. The number of halogens is 1. The maximum absolute atomic E-state index is 4.55. The zero-order chi connectivity index (χ0) is 15.1. The SMILES string of the molecule is CCCNC(Cc1nccn1CCC)c1ccc(I)cc1. The molecule has 1 aromatic heterocycles. The molecule has 21 heavy (non-hydrogen) atoms. The Morgan fingerprint density at radius 2 is 1.95 bits per heavy atom. The summed E-state index contributed by atoms with van der Waals surface area (Å²) in [5.41, 5.74) is 1.34. The van der Waals surface area contributed by atoms with E-state index in [0.29, 0.717) is 6.04 Å². The van der Waals surface area contributed by atoms with Crippen molar-refractivity contribution < 1.29 is 0 Å². The highest BCUT2D eigenvalue weighted by Crippen LogP contribution is 2.19. The minimum Gasteiger partial charge on any atom is -0.335 e. The van der Waals surface area contributed by atoms with Crippen molar-refractivity contribution in [2.75, 3.05) is 6.54 Å². The van der Waals surface area contributed by atoms with Gasteiger partial charge in [-0.1, -0.05) is 26.0 Å². The van der Waals surface area contributed by atoms with Crippen molar-refractivity contribution in [3.8, 4) is 0 Å². The van der Waals surface area contributed by atoms with Gasteiger partial charge in [-0.15, -0.1) is 0 Å². The monoisotopic (exact) mass is 397 g/mol. The van der Waals surface area contributed by atoms with Crippen molar-refractivity contribution in [2.24, 2.45) is 0 Å². The molecule has 3 nitrogen and oxygen atoms in total. The Kier molecular flexibility index (Phi) is 6.70. The number of nitrogens with zero attached hydrogens (tertiary/aromatic N) is 2. The van der Waals surface area contributed by atoms with E-state index < -0.39 is 0 Å². The van der Waals surface area contributed by atoms with Crippen molar-refractivity contribution in [1.82, 2.24) is 14.9 Å². The molecule has 0 fully saturated rings. The van der Waals surface area contributed by atoms with E-state index in [0.717, 1.165) is 32.4 Å². The number of nitrogens with one attached hydrogen (secondary N) is 1. The second kappa shape index (κ2) is 8.54. The third-order valence-electron chi connectivity index (χ3n) is 3.57. The number of benzene rings is 1. The van der Waals surface area contributed by atoms with Gasteiger partial charge in [-0.2, -0.15) is 0 Å². The maximum Gasteiger partial charge on any atom is 0.110 e. The highest BCUT2D eigenvalue weighted by atomic mass is 127. The lowest BCUT2D eigenvalue weighted by molar-refractivity contribution is 0.502. The molecule has 0 radical (unpaired) electrons. The molecule has 0 bridgehead atoms. The van der Waals surface area contributed by atoms with Crippen LogP contribution in [0.15, 0.2) is 36.7 Å². The van der Waals surface area contributed by atoms with Gasteiger partial charge in [0.25, 0.3) is 0 Å². The number of imidazole rings is 1. The van der Waals surface area contributed by atoms with E-state index in [1.807, 2.05) is 6.20 Å². The van der Waals surface area contributed by atoms with Gasteiger partial charge in [0, 0.05) is 35.0 Å². The number of hydrogen-bond acceptors (Lipinski definition) is 2. The maximum atomic E-state index is 4.55. The van der Waals surface area contributed by atoms with Crippen molar-refractivity contribution in [3.05, 3.63) is 51.6 Å². The molecule has 1 aromatic carbocycles. The van der Waals surface area contributed by atoms with Crippen LogP contribution in [0.4, 0.5) is 0 Å². The average molecular weight is 397 g/mol. The third-order valence-corrected chi connectivity index (χ3v) is 4.29. The van der Waals surface area contributed by atoms with Crippen molar-refractivity contribution in [3.63, 3.8) is 0 Å². The van der Waals surface area contributed by atoms with Crippen LogP contribution < -0.4 is 5.32 Å². The number of rotatable bonds is 8. The van der Waals surface area contributed by atoms with Crippen molar-refractivity contribution in [2.45, 2.75) is 45.7 Å². The second-order valence-corrected chi connectivity index (χ2v) is 6.54. The van der Waals surface area contributed by atoms with Crippen LogP contribution in [-0.4, -0.2) is 16.1 Å². The first-order chi connectivity index (χ1) is 10.2. The van der Waals surface area contributed by atoms with Crippen LogP contribution in [0.1, 0.15) is 44.1 Å². The molecular weight excluding hydrogens is 373 g/mol. The van der Waals surface area contributed by atoms with Gasteiger partial charge in [0.2, 0.25) is 0 Å². The van der Waals surface area contributed by atoms with Crippen LogP contribution in [0.2, 0.25) is 0 Å². The van der Waals surface area contributed by atoms with Crippen LogP contribution in [-0.2, 0) is 13.0 Å². The summed E-state index contributed by atoms with van der Waals surface area (Å²) in [7, 11) is 0. The molecule has 114 valence electrons. The molecule has 1 N–H and O–H groups in total. The molecule has 4 heteroatoms. The fourth-order valence-electron chi connectivity index (χ4n) is 2.48. The smallest absolute Gasteiger partial charge is 0.110 e. The van der Waals surface area contributed by atoms with Gasteiger partial charge in [-0.3, -0.25) is 0 Å². The van der Waals surface area contributed by atoms with Gasteiger partial charge in [0.05, 0.1) is 0 Å². The normalized spacial score (nSPS) is 12.5. The Hall–Kier alpha value is -0.880. The van der Waals surface area contributed by atoms with Crippen LogP contribution in [0, 0.1) is 3.57 Å². The minimum absolute atomic E-state index is 0.333. The Morgan fingerprint density at radius 3 is 2.62 bits per heavy atom. The predicted molar refractivity (Wildman–Crippen MR) is 96.4 cm³/mol. The van der Waals surface area contributed by atoms with Crippen LogP contribution in [0.25, 0.3) is 0 Å². The summed E-state index contributed by atoms with van der Waals surface area (Å²) >= 11 is 2.35. The van der Waals surface area contributed by atoms with Gasteiger partial charge in [-0.05, 0) is 59.7 Å². The first-order valence-corrected chi connectivity index (χ1v) is 8.81. The molecule has 0 aliphatic heterocycles. The Labute approximate surface area is 141 Å². The number of hydrogen-bond donors (Lipinski definition) is 1. The highest BCUT2D eigenvalue weighted by molar-refractivity contribution is 14.1. The largest absolute Gasteiger partial charge is 0.335 e. The lowest BCUT2D eigenvalue weighted by atomic mass is 10.0. The van der Waals surface area contributed by atoms with E-state index in [9.17, 15) is 0 Å². The van der Waals surface area contributed by atoms with Crippen LogP contribution in [0.5, 0.6) is 0 Å². The summed E-state index contributed by atoms with van der Waals surface area (Å²) in [6, 6.07) is 9.13. The standard InChI is InChI=1S/C17H24IN3/c1-3-9-19-16(14-5-7-15(18)8-6-14)13-17-20-10-12-21(17)11-4-2/h5-8,10,12,16,19H,3-4,9,11,13H2,1-2H3. The summed E-state index contributed by atoms with van der Waals surface area (Å²) in [5, 5.41) is 3.66. The molecule has 0 amide bonds. The van der Waals surface area contributed by atoms with E-state index in [1.165, 1.54) is 15.0 Å². The number of aromatic nitrogens is 2. The highest BCUT2D eigenvalue weighted by Gasteiger charge is 2.14. The zero-order valence-corrected chi connectivity index (χ0v) is 15.0. The molecule has 1 unspecified atom stereocenters. The third kappa shape index (κ3) is 4.81. The van der Waals surface area contributed by atoms with E-state index >= 15 is 0 Å². The molecule has 2 aromatic rings. The van der Waals surface area contributed by atoms with Crippen LogP contribution in [0.3, 0.4) is 0 Å². The topological polar surface area (TPSA) is 29.9 Å². The molecule has 1 heterocycles. The van der Waals surface area contributed by atoms with Gasteiger partial charge in [-0.25, -0.2) is 4.98 Å². The fraction of sp³-hybridized carbons (Fsp3) is 0.471. The van der Waals surface area contributed by atoms with Gasteiger partial charge >= 0.3 is 0 Å². The summed E-state index contributed by atoms with van der Waals surface area (Å²) in [6.07, 6.45) is 7.22. The molecule has 2 rings (SSSR count). The van der Waals surface area contributed by atoms with E-state index in [2.05, 4.69) is 81.8 Å². The van der Waals surface area contributed by atoms with Gasteiger partial charge < -0.3 is 9.88 Å². The second-order valence-electron chi connectivity index (χ2n) is 5.30. The van der Waals surface area contributed by atoms with Gasteiger partial charge in [0.1, 0.15) is 5.82 Å². The summed E-state index contributed by atoms with van der Waals surface area (Å²) < 4.78 is 3.55. The summed E-state index contributed by atoms with van der Waals surface area (Å²) in [6.45, 7) is 6.49. The van der Waals surface area contributed by atoms with Crippen molar-refractivity contribution >= 4 is 22.6 Å². The average Bonchev–Trinajstić information content (AvgIpc) is 2.92. The van der Waals surface area contributed by atoms with Crippen LogP contribution >= 0.6 is 22.6 Å². The molecule has 0 aliphatic rings. The quantitative estimate of drug-likeness (QED) is 0.678. The Bertz CT molecular complexity index is 533. The van der Waals surface area contributed by atoms with Crippen molar-refractivity contribution in [1.29, 1.82) is 0 Å². The zero-order valence-electron chi connectivity index (χ0n) is 12.8.